The summed E-state index contributed by atoms with van der Waals surface area (Å²) in [6.45, 7) is 12.4. The maximum Gasteiger partial charge on any atom is 0.435 e. The Bertz CT molecular complexity index is 1390. The SMILES string of the molecule is CC(C)(C)OC(=O)n1nc(C2CCC2)c2ccc(O[Si](c3ccccc3)(c3ccccc3)C(C)(C)C)cc21. The van der Waals surface area contributed by atoms with E-state index in [9.17, 15) is 4.79 Å². The number of hydrogen-bond donors (Lipinski definition) is 0. The van der Waals surface area contributed by atoms with Gasteiger partial charge in [0.15, 0.2) is 0 Å². The van der Waals surface area contributed by atoms with Crippen molar-refractivity contribution in [2.24, 2.45) is 0 Å². The lowest BCUT2D eigenvalue weighted by Crippen LogP contribution is -2.68. The van der Waals surface area contributed by atoms with E-state index in [1.807, 2.05) is 45.0 Å². The summed E-state index contributed by atoms with van der Waals surface area (Å²) in [6, 6.07) is 27.3. The number of benzene rings is 3. The van der Waals surface area contributed by atoms with Crippen molar-refractivity contribution in [3.63, 3.8) is 0 Å². The Hall–Kier alpha value is -3.38. The second-order valence-corrected chi connectivity index (χ2v) is 16.6. The zero-order valence-corrected chi connectivity index (χ0v) is 24.3. The van der Waals surface area contributed by atoms with Crippen LogP contribution in [0.3, 0.4) is 0 Å². The average Bonchev–Trinajstić information content (AvgIpc) is 3.19. The number of ether oxygens (including phenoxy) is 1. The van der Waals surface area contributed by atoms with Gasteiger partial charge in [-0.3, -0.25) is 0 Å². The molecule has 0 unspecified atom stereocenters. The van der Waals surface area contributed by atoms with Crippen LogP contribution in [0, 0.1) is 0 Å². The highest BCUT2D eigenvalue weighted by Gasteiger charge is 2.52. The fourth-order valence-corrected chi connectivity index (χ4v) is 9.85. The molecule has 4 aromatic rings. The molecule has 0 spiro atoms. The molecule has 3 aromatic carbocycles. The highest BCUT2D eigenvalue weighted by Crippen LogP contribution is 2.41. The standard InChI is InChI=1S/C32H38N2O3Si/c1-31(2,3)36-30(35)34-28-22-24(20-21-27(28)29(33-34)23-14-13-15-23)37-38(32(4,5)6,25-16-9-7-10-17-25)26-18-11-8-12-19-26/h7-12,16-23H,13-15H2,1-6H3. The molecule has 1 aromatic heterocycles. The maximum absolute atomic E-state index is 13.3. The zero-order valence-electron chi connectivity index (χ0n) is 23.3. The number of fused-ring (bicyclic) bond motifs is 1. The molecule has 0 amide bonds. The molecule has 0 N–H and O–H groups in total. The van der Waals surface area contributed by atoms with Gasteiger partial charge in [0.1, 0.15) is 11.4 Å². The highest BCUT2D eigenvalue weighted by atomic mass is 28.4. The predicted molar refractivity (Wildman–Crippen MR) is 156 cm³/mol. The van der Waals surface area contributed by atoms with Crippen LogP contribution in [0.15, 0.2) is 78.9 Å². The van der Waals surface area contributed by atoms with Crippen molar-refractivity contribution in [3.05, 3.63) is 84.6 Å². The first-order valence-electron chi connectivity index (χ1n) is 13.6. The van der Waals surface area contributed by atoms with Gasteiger partial charge in [-0.1, -0.05) is 87.9 Å². The lowest BCUT2D eigenvalue weighted by Gasteiger charge is -2.43. The van der Waals surface area contributed by atoms with Crippen molar-refractivity contribution in [2.45, 2.75) is 77.4 Å². The lowest BCUT2D eigenvalue weighted by molar-refractivity contribution is 0.0521. The van der Waals surface area contributed by atoms with Crippen LogP contribution in [0.1, 0.15) is 72.4 Å². The molecule has 6 heteroatoms. The molecule has 0 aliphatic heterocycles. The number of rotatable bonds is 5. The average molecular weight is 527 g/mol. The fraction of sp³-hybridized carbons (Fsp3) is 0.375. The second-order valence-electron chi connectivity index (χ2n) is 12.3. The van der Waals surface area contributed by atoms with Crippen LogP contribution in [0.25, 0.3) is 10.9 Å². The van der Waals surface area contributed by atoms with Gasteiger partial charge in [-0.15, -0.1) is 0 Å². The Morgan fingerprint density at radius 1 is 0.868 bits per heavy atom. The number of aromatic nitrogens is 2. The summed E-state index contributed by atoms with van der Waals surface area (Å²) in [5, 5.41) is 8.02. The summed E-state index contributed by atoms with van der Waals surface area (Å²) in [6.07, 6.45) is 2.93. The van der Waals surface area contributed by atoms with Crippen LogP contribution in [-0.4, -0.2) is 29.8 Å². The van der Waals surface area contributed by atoms with Gasteiger partial charge in [-0.05, 0) is 61.2 Å². The first-order valence-corrected chi connectivity index (χ1v) is 15.5. The van der Waals surface area contributed by atoms with Crippen molar-refractivity contribution < 1.29 is 14.0 Å². The van der Waals surface area contributed by atoms with E-state index >= 15 is 0 Å². The van der Waals surface area contributed by atoms with E-state index in [1.165, 1.54) is 21.5 Å². The Morgan fingerprint density at radius 2 is 1.45 bits per heavy atom. The molecule has 1 aliphatic carbocycles. The quantitative estimate of drug-likeness (QED) is 0.262. The van der Waals surface area contributed by atoms with Crippen molar-refractivity contribution >= 4 is 35.7 Å². The van der Waals surface area contributed by atoms with Crippen LogP contribution in [0.5, 0.6) is 5.75 Å². The van der Waals surface area contributed by atoms with Gasteiger partial charge in [0, 0.05) is 17.4 Å². The van der Waals surface area contributed by atoms with Gasteiger partial charge >= 0.3 is 14.4 Å². The molecule has 5 rings (SSSR count). The van der Waals surface area contributed by atoms with E-state index in [-0.39, 0.29) is 5.04 Å². The number of carbonyl (C=O) groups excluding carboxylic acids is 1. The minimum absolute atomic E-state index is 0.173. The first kappa shape index (κ1) is 26.2. The molecule has 0 radical (unpaired) electrons. The van der Waals surface area contributed by atoms with Crippen molar-refractivity contribution in [1.29, 1.82) is 0 Å². The summed E-state index contributed by atoms with van der Waals surface area (Å²) in [5.41, 5.74) is 1.10. The highest BCUT2D eigenvalue weighted by molar-refractivity contribution is 7.00. The second kappa shape index (κ2) is 9.73. The molecule has 0 bridgehead atoms. The number of nitrogens with zero attached hydrogens (tertiary/aromatic N) is 2. The molecule has 1 heterocycles. The van der Waals surface area contributed by atoms with Crippen molar-refractivity contribution in [2.75, 3.05) is 0 Å². The van der Waals surface area contributed by atoms with Crippen LogP contribution < -0.4 is 14.8 Å². The molecule has 198 valence electrons. The van der Waals surface area contributed by atoms with Crippen molar-refractivity contribution in [3.8, 4) is 5.75 Å². The number of carbonyl (C=O) groups is 1. The Labute approximate surface area is 226 Å². The van der Waals surface area contributed by atoms with Crippen LogP contribution >= 0.6 is 0 Å². The molecule has 0 atom stereocenters. The monoisotopic (exact) mass is 526 g/mol. The van der Waals surface area contributed by atoms with Crippen LogP contribution in [-0.2, 0) is 4.74 Å². The van der Waals surface area contributed by atoms with Gasteiger partial charge < -0.3 is 9.16 Å². The molecular weight excluding hydrogens is 488 g/mol. The molecule has 0 saturated heterocycles. The van der Waals surface area contributed by atoms with Crippen molar-refractivity contribution in [1.82, 2.24) is 9.78 Å². The first-order chi connectivity index (χ1) is 18.0. The van der Waals surface area contributed by atoms with Gasteiger partial charge in [-0.2, -0.15) is 9.78 Å². The smallest absolute Gasteiger partial charge is 0.435 e. The largest absolute Gasteiger partial charge is 0.534 e. The Balaban J connectivity index is 1.68. The molecule has 38 heavy (non-hydrogen) atoms. The third kappa shape index (κ3) is 4.78. The molecule has 5 nitrogen and oxygen atoms in total. The molecule has 1 fully saturated rings. The van der Waals surface area contributed by atoms with Gasteiger partial charge in [0.2, 0.25) is 0 Å². The predicted octanol–water partition coefficient (Wildman–Crippen LogP) is 7.03. The maximum atomic E-state index is 13.3. The normalized spacial score (nSPS) is 14.8. The van der Waals surface area contributed by atoms with E-state index in [4.69, 9.17) is 14.3 Å². The Morgan fingerprint density at radius 3 is 1.92 bits per heavy atom. The third-order valence-corrected chi connectivity index (χ3v) is 12.4. The van der Waals surface area contributed by atoms with E-state index in [0.29, 0.717) is 5.92 Å². The molecular formula is C32H38N2O3Si. The summed E-state index contributed by atoms with van der Waals surface area (Å²) in [7, 11) is -2.82. The van der Waals surface area contributed by atoms with E-state index in [2.05, 4.69) is 75.4 Å². The van der Waals surface area contributed by atoms with E-state index < -0.39 is 20.0 Å². The molecule has 1 aliphatic rings. The Kier molecular flexibility index (Phi) is 6.72. The van der Waals surface area contributed by atoms with Gasteiger partial charge in [0.25, 0.3) is 0 Å². The summed E-state index contributed by atoms with van der Waals surface area (Å²) in [4.78, 5) is 13.3. The number of hydrogen-bond acceptors (Lipinski definition) is 4. The summed E-state index contributed by atoms with van der Waals surface area (Å²) in [5.74, 6) is 1.11. The fourth-order valence-electron chi connectivity index (χ4n) is 5.44. The van der Waals surface area contributed by atoms with Gasteiger partial charge in [-0.25, -0.2) is 4.79 Å². The summed E-state index contributed by atoms with van der Waals surface area (Å²) < 4.78 is 14.4. The molecule has 1 saturated carbocycles. The topological polar surface area (TPSA) is 53.4 Å². The van der Waals surface area contributed by atoms with E-state index in [1.54, 1.807) is 0 Å². The summed E-state index contributed by atoms with van der Waals surface area (Å²) >= 11 is 0. The zero-order chi connectivity index (χ0) is 27.1. The van der Waals surface area contributed by atoms with Crippen LogP contribution in [0.2, 0.25) is 5.04 Å². The van der Waals surface area contributed by atoms with E-state index in [0.717, 1.165) is 35.2 Å². The van der Waals surface area contributed by atoms with Crippen LogP contribution in [0.4, 0.5) is 4.79 Å². The lowest BCUT2D eigenvalue weighted by atomic mass is 9.82. The minimum Gasteiger partial charge on any atom is -0.534 e. The minimum atomic E-state index is -2.82. The van der Waals surface area contributed by atoms with Gasteiger partial charge in [0.05, 0.1) is 11.2 Å². The third-order valence-electron chi connectivity index (χ3n) is 7.43.